The van der Waals surface area contributed by atoms with E-state index >= 15 is 0 Å². The molecule has 3 nitrogen and oxygen atoms in total. The van der Waals surface area contributed by atoms with Crippen LogP contribution < -0.4 is 9.64 Å². The minimum atomic E-state index is 0.381. The van der Waals surface area contributed by atoms with Gasteiger partial charge in [0.2, 0.25) is 0 Å². The van der Waals surface area contributed by atoms with Crippen molar-refractivity contribution in [2.24, 2.45) is 0 Å². The first-order valence-electron chi connectivity index (χ1n) is 8.37. The van der Waals surface area contributed by atoms with Crippen molar-refractivity contribution in [3.8, 4) is 11.5 Å². The smallest absolute Gasteiger partial charge is 0.125 e. The van der Waals surface area contributed by atoms with Crippen LogP contribution in [0.15, 0.2) is 41.8 Å². The molecule has 24 heavy (non-hydrogen) atoms. The lowest BCUT2D eigenvalue weighted by molar-refractivity contribution is -0.945. The van der Waals surface area contributed by atoms with Crippen LogP contribution in [0.25, 0.3) is 10.8 Å². The Balaban J connectivity index is 1.73. The first kappa shape index (κ1) is 15.5. The second-order valence-corrected chi connectivity index (χ2v) is 7.51. The number of phenols is 1. The summed E-state index contributed by atoms with van der Waals surface area (Å²) in [7, 11) is 1.68. The van der Waals surface area contributed by atoms with E-state index in [-0.39, 0.29) is 0 Å². The lowest BCUT2D eigenvalue weighted by Gasteiger charge is -2.31. The third kappa shape index (κ3) is 2.56. The number of thiophene rings is 1. The first-order chi connectivity index (χ1) is 11.7. The molecule has 2 heterocycles. The van der Waals surface area contributed by atoms with Gasteiger partial charge in [-0.25, -0.2) is 0 Å². The number of quaternary nitrogens is 1. The third-order valence-electron chi connectivity index (χ3n) is 5.25. The monoisotopic (exact) mass is 340 g/mol. The summed E-state index contributed by atoms with van der Waals surface area (Å²) in [6, 6.07) is 12.6. The molecule has 4 heteroatoms. The predicted octanol–water partition coefficient (Wildman–Crippen LogP) is 3.32. The Bertz CT molecular complexity index is 886. The molecular formula is C20H22NO2S+. The van der Waals surface area contributed by atoms with E-state index in [1.807, 2.05) is 35.6 Å². The molecule has 1 aliphatic rings. The number of ether oxygens (including phenoxy) is 1. The maximum atomic E-state index is 10.5. The van der Waals surface area contributed by atoms with E-state index < -0.39 is 0 Å². The maximum Gasteiger partial charge on any atom is 0.125 e. The van der Waals surface area contributed by atoms with Gasteiger partial charge in [-0.15, -0.1) is 11.3 Å². The lowest BCUT2D eigenvalue weighted by atomic mass is 9.98. The summed E-state index contributed by atoms with van der Waals surface area (Å²) >= 11 is 1.87. The van der Waals surface area contributed by atoms with Gasteiger partial charge in [-0.3, -0.25) is 0 Å². The van der Waals surface area contributed by atoms with E-state index in [0.29, 0.717) is 11.8 Å². The van der Waals surface area contributed by atoms with Gasteiger partial charge in [-0.2, -0.15) is 0 Å². The number of phenolic OH excluding ortho intramolecular Hbond substituents is 1. The quantitative estimate of drug-likeness (QED) is 0.767. The zero-order chi connectivity index (χ0) is 16.7. The second kappa shape index (κ2) is 6.11. The van der Waals surface area contributed by atoms with E-state index in [2.05, 4.69) is 24.4 Å². The van der Waals surface area contributed by atoms with Crippen LogP contribution in [0.5, 0.6) is 11.5 Å². The van der Waals surface area contributed by atoms with Gasteiger partial charge in [0.25, 0.3) is 0 Å². The number of rotatable bonds is 3. The van der Waals surface area contributed by atoms with Crippen LogP contribution in [0.3, 0.4) is 0 Å². The summed E-state index contributed by atoms with van der Waals surface area (Å²) in [6.45, 7) is 4.23. The first-order valence-corrected chi connectivity index (χ1v) is 9.25. The zero-order valence-corrected chi connectivity index (χ0v) is 14.8. The van der Waals surface area contributed by atoms with Crippen molar-refractivity contribution < 1.29 is 14.7 Å². The van der Waals surface area contributed by atoms with Crippen LogP contribution in [-0.2, 0) is 13.0 Å². The maximum absolute atomic E-state index is 10.5. The van der Waals surface area contributed by atoms with E-state index in [1.54, 1.807) is 7.11 Å². The van der Waals surface area contributed by atoms with Crippen molar-refractivity contribution in [1.29, 1.82) is 0 Å². The molecule has 1 aromatic heterocycles. The van der Waals surface area contributed by atoms with Crippen LogP contribution >= 0.6 is 11.3 Å². The third-order valence-corrected chi connectivity index (χ3v) is 6.25. The highest BCUT2D eigenvalue weighted by molar-refractivity contribution is 7.10. The SMILES string of the molecule is COc1ccc2ccc(O)c(C[NH+]3CCc4sccc4[C@@H]3C)c2c1. The molecule has 0 aliphatic carbocycles. The lowest BCUT2D eigenvalue weighted by Crippen LogP contribution is -3.11. The summed E-state index contributed by atoms with van der Waals surface area (Å²) in [4.78, 5) is 3.03. The number of benzene rings is 2. The molecule has 1 unspecified atom stereocenters. The molecule has 0 saturated heterocycles. The van der Waals surface area contributed by atoms with Crippen molar-refractivity contribution in [2.75, 3.05) is 13.7 Å². The summed E-state index contributed by atoms with van der Waals surface area (Å²) < 4.78 is 5.38. The van der Waals surface area contributed by atoms with E-state index in [9.17, 15) is 5.11 Å². The Morgan fingerprint density at radius 3 is 2.92 bits per heavy atom. The standard InChI is InChI=1S/C20H21NO2S/c1-13-16-8-10-24-20(16)7-9-21(13)12-18-17-11-15(23-2)5-3-14(17)4-6-19(18)22/h3-6,8,10-11,13,22H,7,9,12H2,1-2H3/p+1/t13-/m0/s1. The molecule has 0 fully saturated rings. The average Bonchev–Trinajstić information content (AvgIpc) is 3.08. The number of hydrogen-bond acceptors (Lipinski definition) is 3. The fourth-order valence-corrected chi connectivity index (χ4v) is 4.76. The highest BCUT2D eigenvalue weighted by Crippen LogP contribution is 2.31. The molecule has 2 atom stereocenters. The summed E-state index contributed by atoms with van der Waals surface area (Å²) in [6.07, 6.45) is 1.13. The number of aromatic hydroxyl groups is 1. The summed E-state index contributed by atoms with van der Waals surface area (Å²) in [5.41, 5.74) is 2.49. The highest BCUT2D eigenvalue weighted by atomic mass is 32.1. The van der Waals surface area contributed by atoms with Gasteiger partial charge in [0.1, 0.15) is 24.1 Å². The minimum Gasteiger partial charge on any atom is -0.507 e. The van der Waals surface area contributed by atoms with Crippen molar-refractivity contribution in [1.82, 2.24) is 0 Å². The van der Waals surface area contributed by atoms with Gasteiger partial charge < -0.3 is 14.7 Å². The van der Waals surface area contributed by atoms with Gasteiger partial charge in [0.05, 0.1) is 19.2 Å². The van der Waals surface area contributed by atoms with Crippen LogP contribution in [0.1, 0.15) is 29.0 Å². The Labute approximate surface area is 146 Å². The van der Waals surface area contributed by atoms with Gasteiger partial charge in [-0.05, 0) is 47.3 Å². The Morgan fingerprint density at radius 1 is 1.25 bits per heavy atom. The molecular weight excluding hydrogens is 318 g/mol. The van der Waals surface area contributed by atoms with Crippen LogP contribution in [0.4, 0.5) is 0 Å². The molecule has 2 aromatic carbocycles. The van der Waals surface area contributed by atoms with E-state index in [0.717, 1.165) is 41.6 Å². The summed E-state index contributed by atoms with van der Waals surface area (Å²) in [5, 5.41) is 14.9. The Kier molecular flexibility index (Phi) is 3.94. The largest absolute Gasteiger partial charge is 0.507 e. The van der Waals surface area contributed by atoms with Crippen molar-refractivity contribution in [3.63, 3.8) is 0 Å². The fourth-order valence-electron chi connectivity index (χ4n) is 3.78. The van der Waals surface area contributed by atoms with Crippen LogP contribution in [-0.4, -0.2) is 18.8 Å². The molecule has 0 amide bonds. The molecule has 1 aliphatic heterocycles. The highest BCUT2D eigenvalue weighted by Gasteiger charge is 2.29. The van der Waals surface area contributed by atoms with Gasteiger partial charge in [0.15, 0.2) is 0 Å². The minimum absolute atomic E-state index is 0.381. The van der Waals surface area contributed by atoms with Crippen molar-refractivity contribution >= 4 is 22.1 Å². The topological polar surface area (TPSA) is 33.9 Å². The molecule has 0 radical (unpaired) electrons. The molecule has 0 bridgehead atoms. The second-order valence-electron chi connectivity index (χ2n) is 6.51. The number of methoxy groups -OCH3 is 1. The zero-order valence-electron chi connectivity index (χ0n) is 14.0. The van der Waals surface area contributed by atoms with E-state index in [1.165, 1.54) is 15.3 Å². The average molecular weight is 340 g/mol. The predicted molar refractivity (Wildman–Crippen MR) is 98.1 cm³/mol. The van der Waals surface area contributed by atoms with Gasteiger partial charge in [0, 0.05) is 16.9 Å². The molecule has 0 saturated carbocycles. The Hall–Kier alpha value is -2.04. The van der Waals surface area contributed by atoms with Gasteiger partial charge in [-0.1, -0.05) is 12.1 Å². The van der Waals surface area contributed by atoms with Crippen molar-refractivity contribution in [2.45, 2.75) is 25.9 Å². The Morgan fingerprint density at radius 2 is 2.08 bits per heavy atom. The number of nitrogens with one attached hydrogen (secondary N) is 1. The number of fused-ring (bicyclic) bond motifs is 2. The van der Waals surface area contributed by atoms with Crippen molar-refractivity contribution in [3.05, 3.63) is 57.8 Å². The number of hydrogen-bond donors (Lipinski definition) is 2. The summed E-state index contributed by atoms with van der Waals surface area (Å²) in [5.74, 6) is 1.21. The van der Waals surface area contributed by atoms with E-state index in [4.69, 9.17) is 4.74 Å². The van der Waals surface area contributed by atoms with Gasteiger partial charge >= 0.3 is 0 Å². The van der Waals surface area contributed by atoms with Crippen LogP contribution in [0.2, 0.25) is 0 Å². The molecule has 124 valence electrons. The normalized spacial score (nSPS) is 20.1. The molecule has 2 N–H and O–H groups in total. The molecule has 3 aromatic rings. The molecule has 0 spiro atoms. The molecule has 4 rings (SSSR count). The fraction of sp³-hybridized carbons (Fsp3) is 0.300. The van der Waals surface area contributed by atoms with Crippen LogP contribution in [0, 0.1) is 0 Å².